The highest BCUT2D eigenvalue weighted by Gasteiger charge is 2.10. The van der Waals surface area contributed by atoms with Gasteiger partial charge in [0, 0.05) is 27.9 Å². The molecule has 3 rings (SSSR count). The molecule has 5 nitrogen and oxygen atoms in total. The fourth-order valence-electron chi connectivity index (χ4n) is 1.95. The summed E-state index contributed by atoms with van der Waals surface area (Å²) in [5, 5.41) is 11.3. The van der Waals surface area contributed by atoms with Gasteiger partial charge in [0.25, 0.3) is 5.22 Å². The minimum Gasteiger partial charge on any atom is -0.411 e. The van der Waals surface area contributed by atoms with Crippen LogP contribution in [-0.4, -0.2) is 21.9 Å². The van der Waals surface area contributed by atoms with Gasteiger partial charge in [0.2, 0.25) is 11.8 Å². The minimum atomic E-state index is -0.0404. The lowest BCUT2D eigenvalue weighted by atomic mass is 10.2. The number of benzene rings is 2. The van der Waals surface area contributed by atoms with Crippen molar-refractivity contribution in [2.45, 2.75) is 11.6 Å². The molecule has 1 N–H and O–H groups in total. The minimum absolute atomic E-state index is 0.0404. The Balaban J connectivity index is 1.49. The molecule has 0 aliphatic carbocycles. The van der Waals surface area contributed by atoms with E-state index in [0.29, 0.717) is 23.3 Å². The van der Waals surface area contributed by atoms with Crippen LogP contribution < -0.4 is 5.32 Å². The molecule has 0 saturated heterocycles. The van der Waals surface area contributed by atoms with Crippen molar-refractivity contribution in [2.24, 2.45) is 0 Å². The van der Waals surface area contributed by atoms with Crippen molar-refractivity contribution >= 4 is 39.3 Å². The molecule has 0 spiro atoms. The summed E-state index contributed by atoms with van der Waals surface area (Å²) in [6.07, 6.45) is 0.371. The van der Waals surface area contributed by atoms with Crippen LogP contribution in [0.15, 0.2) is 68.7 Å². The van der Waals surface area contributed by atoms with Gasteiger partial charge >= 0.3 is 0 Å². The van der Waals surface area contributed by atoms with Crippen molar-refractivity contribution in [3.05, 3.63) is 59.1 Å². The fourth-order valence-corrected chi connectivity index (χ4v) is 2.92. The number of thioether (sulfide) groups is 1. The van der Waals surface area contributed by atoms with E-state index in [2.05, 4.69) is 31.4 Å². The second-order valence-electron chi connectivity index (χ2n) is 4.89. The number of aromatic nitrogens is 2. The Morgan fingerprint density at radius 1 is 1.08 bits per heavy atom. The largest absolute Gasteiger partial charge is 0.411 e. The number of carbonyl (C=O) groups excluding carboxylic acids is 1. The molecule has 3 aromatic rings. The summed E-state index contributed by atoms with van der Waals surface area (Å²) in [7, 11) is 0. The molecule has 0 unspecified atom stereocenters. The molecule has 1 aromatic heterocycles. The van der Waals surface area contributed by atoms with Gasteiger partial charge in [-0.3, -0.25) is 4.79 Å². The van der Waals surface area contributed by atoms with Crippen LogP contribution in [0.25, 0.3) is 11.5 Å². The molecule has 0 radical (unpaired) electrons. The van der Waals surface area contributed by atoms with E-state index in [9.17, 15) is 4.79 Å². The smallest absolute Gasteiger partial charge is 0.276 e. The third-order valence-corrected chi connectivity index (χ3v) is 4.46. The van der Waals surface area contributed by atoms with E-state index in [1.807, 2.05) is 54.6 Å². The Bertz CT molecular complexity index is 806. The van der Waals surface area contributed by atoms with Crippen LogP contribution >= 0.6 is 27.7 Å². The van der Waals surface area contributed by atoms with Crippen LogP contribution in [-0.2, 0) is 4.79 Å². The van der Waals surface area contributed by atoms with Gasteiger partial charge in [-0.2, -0.15) is 0 Å². The molecule has 0 saturated carbocycles. The van der Waals surface area contributed by atoms with Gasteiger partial charge in [0.05, 0.1) is 0 Å². The standard InChI is InChI=1S/C17H14BrN3O2S/c18-13-8-6-12(7-9-13)16-20-21-17(23-16)24-11-10-15(22)19-14-4-2-1-3-5-14/h1-9H,10-11H2,(H,19,22). The molecule has 7 heteroatoms. The highest BCUT2D eigenvalue weighted by Crippen LogP contribution is 2.24. The first kappa shape index (κ1) is 16.7. The summed E-state index contributed by atoms with van der Waals surface area (Å²) < 4.78 is 6.59. The maximum atomic E-state index is 11.9. The summed E-state index contributed by atoms with van der Waals surface area (Å²) in [6, 6.07) is 17.0. The van der Waals surface area contributed by atoms with E-state index in [-0.39, 0.29) is 5.91 Å². The average Bonchev–Trinajstić information content (AvgIpc) is 3.05. The van der Waals surface area contributed by atoms with E-state index in [1.54, 1.807) is 0 Å². The molecule has 2 aromatic carbocycles. The Morgan fingerprint density at radius 2 is 1.83 bits per heavy atom. The number of para-hydroxylation sites is 1. The number of anilines is 1. The van der Waals surface area contributed by atoms with Gasteiger partial charge in [-0.15, -0.1) is 10.2 Å². The van der Waals surface area contributed by atoms with E-state index >= 15 is 0 Å². The number of amides is 1. The van der Waals surface area contributed by atoms with Crippen molar-refractivity contribution in [2.75, 3.05) is 11.1 Å². The quantitative estimate of drug-likeness (QED) is 0.608. The molecular formula is C17H14BrN3O2S. The van der Waals surface area contributed by atoms with Gasteiger partial charge in [-0.05, 0) is 36.4 Å². The lowest BCUT2D eigenvalue weighted by molar-refractivity contribution is -0.115. The second kappa shape index (κ2) is 8.12. The zero-order valence-corrected chi connectivity index (χ0v) is 15.0. The first-order chi connectivity index (χ1) is 11.7. The molecular weight excluding hydrogens is 390 g/mol. The zero-order chi connectivity index (χ0) is 16.8. The summed E-state index contributed by atoms with van der Waals surface area (Å²) in [5.41, 5.74) is 1.65. The molecule has 0 aliphatic heterocycles. The third-order valence-electron chi connectivity index (χ3n) is 3.11. The normalized spacial score (nSPS) is 10.5. The van der Waals surface area contributed by atoms with Crippen LogP contribution in [0.4, 0.5) is 5.69 Å². The molecule has 1 heterocycles. The van der Waals surface area contributed by atoms with Crippen LogP contribution in [0.2, 0.25) is 0 Å². The van der Waals surface area contributed by atoms with E-state index in [0.717, 1.165) is 15.7 Å². The van der Waals surface area contributed by atoms with Crippen molar-refractivity contribution in [3.8, 4) is 11.5 Å². The first-order valence-corrected chi connectivity index (χ1v) is 9.06. The zero-order valence-electron chi connectivity index (χ0n) is 12.6. The monoisotopic (exact) mass is 403 g/mol. The SMILES string of the molecule is O=C(CCSc1nnc(-c2ccc(Br)cc2)o1)Nc1ccccc1. The lowest BCUT2D eigenvalue weighted by Crippen LogP contribution is -2.11. The van der Waals surface area contributed by atoms with Gasteiger partial charge < -0.3 is 9.73 Å². The molecule has 0 atom stereocenters. The summed E-state index contributed by atoms with van der Waals surface area (Å²) >= 11 is 4.75. The highest BCUT2D eigenvalue weighted by molar-refractivity contribution is 9.10. The number of carbonyl (C=O) groups is 1. The fraction of sp³-hybridized carbons (Fsp3) is 0.118. The highest BCUT2D eigenvalue weighted by atomic mass is 79.9. The summed E-state index contributed by atoms with van der Waals surface area (Å²) in [4.78, 5) is 11.9. The van der Waals surface area contributed by atoms with E-state index in [1.165, 1.54) is 11.8 Å². The van der Waals surface area contributed by atoms with Crippen LogP contribution in [0.5, 0.6) is 0 Å². The Kier molecular flexibility index (Phi) is 5.66. The maximum absolute atomic E-state index is 11.9. The summed E-state index contributed by atoms with van der Waals surface area (Å²) in [5.74, 6) is 1.00. The molecule has 1 amide bonds. The first-order valence-electron chi connectivity index (χ1n) is 7.28. The summed E-state index contributed by atoms with van der Waals surface area (Å²) in [6.45, 7) is 0. The molecule has 24 heavy (non-hydrogen) atoms. The van der Waals surface area contributed by atoms with Crippen LogP contribution in [0, 0.1) is 0 Å². The Labute approximate surface area is 152 Å². The number of rotatable bonds is 6. The Hall–Kier alpha value is -2.12. The van der Waals surface area contributed by atoms with Crippen molar-refractivity contribution in [3.63, 3.8) is 0 Å². The van der Waals surface area contributed by atoms with Crippen molar-refractivity contribution < 1.29 is 9.21 Å². The molecule has 0 bridgehead atoms. The number of hydrogen-bond donors (Lipinski definition) is 1. The molecule has 0 fully saturated rings. The molecule has 0 aliphatic rings. The predicted octanol–water partition coefficient (Wildman–Crippen LogP) is 4.62. The van der Waals surface area contributed by atoms with Crippen molar-refractivity contribution in [1.82, 2.24) is 10.2 Å². The number of nitrogens with one attached hydrogen (secondary N) is 1. The second-order valence-corrected chi connectivity index (χ2v) is 6.85. The number of hydrogen-bond acceptors (Lipinski definition) is 5. The van der Waals surface area contributed by atoms with E-state index < -0.39 is 0 Å². The number of halogens is 1. The Morgan fingerprint density at radius 3 is 2.58 bits per heavy atom. The topological polar surface area (TPSA) is 68.0 Å². The third kappa shape index (κ3) is 4.69. The van der Waals surface area contributed by atoms with Crippen LogP contribution in [0.3, 0.4) is 0 Å². The van der Waals surface area contributed by atoms with Gasteiger partial charge in [-0.1, -0.05) is 45.9 Å². The van der Waals surface area contributed by atoms with Gasteiger partial charge in [0.15, 0.2) is 0 Å². The maximum Gasteiger partial charge on any atom is 0.276 e. The lowest BCUT2D eigenvalue weighted by Gasteiger charge is -2.03. The van der Waals surface area contributed by atoms with E-state index in [4.69, 9.17) is 4.42 Å². The predicted molar refractivity (Wildman–Crippen MR) is 97.8 cm³/mol. The molecule has 122 valence electrons. The number of nitrogens with zero attached hydrogens (tertiary/aromatic N) is 2. The van der Waals surface area contributed by atoms with Gasteiger partial charge in [-0.25, -0.2) is 0 Å². The average molecular weight is 404 g/mol. The van der Waals surface area contributed by atoms with Crippen LogP contribution in [0.1, 0.15) is 6.42 Å². The van der Waals surface area contributed by atoms with Crippen molar-refractivity contribution in [1.29, 1.82) is 0 Å². The van der Waals surface area contributed by atoms with Gasteiger partial charge in [0.1, 0.15) is 0 Å².